The Hall–Kier alpha value is -0.0800. The van der Waals surface area contributed by atoms with Crippen molar-refractivity contribution in [3.05, 3.63) is 0 Å². The van der Waals surface area contributed by atoms with Gasteiger partial charge in [-0.1, -0.05) is 26.2 Å². The molecule has 0 spiro atoms. The van der Waals surface area contributed by atoms with Crippen molar-refractivity contribution in [1.29, 1.82) is 0 Å². The predicted octanol–water partition coefficient (Wildman–Crippen LogP) is 2.89. The maximum atomic E-state index is 3.67. The summed E-state index contributed by atoms with van der Waals surface area (Å²) in [4.78, 5) is 2.60. The Morgan fingerprint density at radius 2 is 1.65 bits per heavy atom. The first kappa shape index (κ1) is 13.4. The topological polar surface area (TPSA) is 15.3 Å². The highest BCUT2D eigenvalue weighted by atomic mass is 15.1. The van der Waals surface area contributed by atoms with Gasteiger partial charge in [0.1, 0.15) is 0 Å². The standard InChI is InChI=1S/C15H30N2/c1-2-14-5-7-15(8-6-14)13-16-9-12-17-10-3-4-11-17/h14-16H,2-13H2,1H3. The van der Waals surface area contributed by atoms with Gasteiger partial charge < -0.3 is 10.2 Å². The first-order valence-corrected chi connectivity index (χ1v) is 7.81. The molecule has 0 amide bonds. The van der Waals surface area contributed by atoms with E-state index in [0.717, 1.165) is 11.8 Å². The zero-order valence-electron chi connectivity index (χ0n) is 11.6. The SMILES string of the molecule is CCC1CCC(CNCCN2CCCC2)CC1. The average molecular weight is 238 g/mol. The molecule has 1 heterocycles. The number of nitrogens with zero attached hydrogens (tertiary/aromatic N) is 1. The zero-order chi connectivity index (χ0) is 11.9. The van der Waals surface area contributed by atoms with Crippen LogP contribution in [-0.2, 0) is 0 Å². The molecule has 0 aromatic rings. The molecule has 0 aromatic heterocycles. The highest BCUT2D eigenvalue weighted by Gasteiger charge is 2.19. The van der Waals surface area contributed by atoms with Gasteiger partial charge in [-0.25, -0.2) is 0 Å². The summed E-state index contributed by atoms with van der Waals surface area (Å²) in [6.07, 6.45) is 10.1. The molecule has 17 heavy (non-hydrogen) atoms. The van der Waals surface area contributed by atoms with E-state index in [9.17, 15) is 0 Å². The van der Waals surface area contributed by atoms with Crippen molar-refractivity contribution in [2.45, 2.75) is 51.9 Å². The van der Waals surface area contributed by atoms with Gasteiger partial charge in [0.05, 0.1) is 0 Å². The molecule has 0 atom stereocenters. The van der Waals surface area contributed by atoms with Gasteiger partial charge >= 0.3 is 0 Å². The summed E-state index contributed by atoms with van der Waals surface area (Å²) >= 11 is 0. The van der Waals surface area contributed by atoms with E-state index in [0.29, 0.717) is 0 Å². The lowest BCUT2D eigenvalue weighted by Crippen LogP contribution is -2.33. The van der Waals surface area contributed by atoms with E-state index in [1.807, 2.05) is 0 Å². The smallest absolute Gasteiger partial charge is 0.0107 e. The zero-order valence-corrected chi connectivity index (χ0v) is 11.6. The van der Waals surface area contributed by atoms with Crippen molar-refractivity contribution in [1.82, 2.24) is 10.2 Å². The summed E-state index contributed by atoms with van der Waals surface area (Å²) in [5, 5.41) is 3.67. The first-order chi connectivity index (χ1) is 8.38. The summed E-state index contributed by atoms with van der Waals surface area (Å²) in [6, 6.07) is 0. The van der Waals surface area contributed by atoms with Crippen molar-refractivity contribution in [2.75, 3.05) is 32.7 Å². The van der Waals surface area contributed by atoms with E-state index in [-0.39, 0.29) is 0 Å². The number of nitrogens with one attached hydrogen (secondary N) is 1. The third-order valence-corrected chi connectivity index (χ3v) is 4.78. The van der Waals surface area contributed by atoms with Crippen molar-refractivity contribution >= 4 is 0 Å². The van der Waals surface area contributed by atoms with Crippen LogP contribution < -0.4 is 5.32 Å². The third kappa shape index (κ3) is 4.59. The van der Waals surface area contributed by atoms with Crippen LogP contribution in [0.5, 0.6) is 0 Å². The number of likely N-dealkylation sites (tertiary alicyclic amines) is 1. The minimum Gasteiger partial charge on any atom is -0.315 e. The van der Waals surface area contributed by atoms with Crippen LogP contribution >= 0.6 is 0 Å². The van der Waals surface area contributed by atoms with Crippen molar-refractivity contribution < 1.29 is 0 Å². The van der Waals surface area contributed by atoms with Gasteiger partial charge in [0.15, 0.2) is 0 Å². The van der Waals surface area contributed by atoms with Gasteiger partial charge in [-0.05, 0) is 57.2 Å². The van der Waals surface area contributed by atoms with Crippen LogP contribution in [0.15, 0.2) is 0 Å². The molecule has 1 saturated heterocycles. The molecule has 0 bridgehead atoms. The fourth-order valence-electron chi connectivity index (χ4n) is 3.39. The summed E-state index contributed by atoms with van der Waals surface area (Å²) in [6.45, 7) is 8.76. The van der Waals surface area contributed by atoms with Gasteiger partial charge in [0, 0.05) is 13.1 Å². The summed E-state index contributed by atoms with van der Waals surface area (Å²) in [5.41, 5.74) is 0. The third-order valence-electron chi connectivity index (χ3n) is 4.78. The lowest BCUT2D eigenvalue weighted by molar-refractivity contribution is 0.257. The van der Waals surface area contributed by atoms with E-state index < -0.39 is 0 Å². The fourth-order valence-corrected chi connectivity index (χ4v) is 3.39. The molecule has 2 aliphatic rings. The van der Waals surface area contributed by atoms with E-state index in [1.165, 1.54) is 77.7 Å². The molecular weight excluding hydrogens is 208 g/mol. The van der Waals surface area contributed by atoms with Gasteiger partial charge in [0.2, 0.25) is 0 Å². The Labute approximate surface area is 107 Å². The minimum absolute atomic E-state index is 0.969. The maximum Gasteiger partial charge on any atom is 0.0107 e. The Morgan fingerprint density at radius 1 is 1.00 bits per heavy atom. The van der Waals surface area contributed by atoms with E-state index in [2.05, 4.69) is 17.1 Å². The second-order valence-corrected chi connectivity index (χ2v) is 6.05. The monoisotopic (exact) mass is 238 g/mol. The van der Waals surface area contributed by atoms with Gasteiger partial charge in [0.25, 0.3) is 0 Å². The van der Waals surface area contributed by atoms with Crippen molar-refractivity contribution in [2.24, 2.45) is 11.8 Å². The molecule has 0 radical (unpaired) electrons. The summed E-state index contributed by atoms with van der Waals surface area (Å²) in [7, 11) is 0. The Bertz CT molecular complexity index is 191. The quantitative estimate of drug-likeness (QED) is 0.716. The maximum absolute atomic E-state index is 3.67. The predicted molar refractivity (Wildman–Crippen MR) is 74.3 cm³/mol. The minimum atomic E-state index is 0.969. The summed E-state index contributed by atoms with van der Waals surface area (Å²) < 4.78 is 0. The van der Waals surface area contributed by atoms with E-state index in [1.54, 1.807) is 0 Å². The van der Waals surface area contributed by atoms with Gasteiger partial charge in [-0.2, -0.15) is 0 Å². The van der Waals surface area contributed by atoms with Gasteiger partial charge in [-0.3, -0.25) is 0 Å². The van der Waals surface area contributed by atoms with E-state index >= 15 is 0 Å². The molecule has 1 N–H and O–H groups in total. The molecule has 1 aliphatic carbocycles. The lowest BCUT2D eigenvalue weighted by Gasteiger charge is -2.28. The molecule has 1 saturated carbocycles. The highest BCUT2D eigenvalue weighted by molar-refractivity contribution is 4.74. The molecular formula is C15H30N2. The molecule has 2 rings (SSSR count). The second kappa shape index (κ2) is 7.38. The van der Waals surface area contributed by atoms with Crippen molar-refractivity contribution in [3.63, 3.8) is 0 Å². The van der Waals surface area contributed by atoms with Crippen LogP contribution in [0.3, 0.4) is 0 Å². The van der Waals surface area contributed by atoms with Gasteiger partial charge in [-0.15, -0.1) is 0 Å². The first-order valence-electron chi connectivity index (χ1n) is 7.81. The molecule has 0 unspecified atom stereocenters. The number of rotatable bonds is 6. The van der Waals surface area contributed by atoms with Crippen LogP contribution in [0.1, 0.15) is 51.9 Å². The van der Waals surface area contributed by atoms with Crippen LogP contribution in [0, 0.1) is 11.8 Å². The molecule has 2 fully saturated rings. The molecule has 1 aliphatic heterocycles. The van der Waals surface area contributed by atoms with Crippen LogP contribution in [0.2, 0.25) is 0 Å². The van der Waals surface area contributed by atoms with Crippen LogP contribution in [0.25, 0.3) is 0 Å². The average Bonchev–Trinajstić information content (AvgIpc) is 2.88. The normalized spacial score (nSPS) is 30.9. The molecule has 0 aromatic carbocycles. The number of hydrogen-bond donors (Lipinski definition) is 1. The number of hydrogen-bond acceptors (Lipinski definition) is 2. The Balaban J connectivity index is 1.48. The van der Waals surface area contributed by atoms with Crippen LogP contribution in [0.4, 0.5) is 0 Å². The Kier molecular flexibility index (Phi) is 5.79. The lowest BCUT2D eigenvalue weighted by atomic mass is 9.81. The van der Waals surface area contributed by atoms with Crippen molar-refractivity contribution in [3.8, 4) is 0 Å². The molecule has 100 valence electrons. The second-order valence-electron chi connectivity index (χ2n) is 6.05. The van der Waals surface area contributed by atoms with E-state index in [4.69, 9.17) is 0 Å². The highest BCUT2D eigenvalue weighted by Crippen LogP contribution is 2.29. The Morgan fingerprint density at radius 3 is 2.29 bits per heavy atom. The summed E-state index contributed by atoms with van der Waals surface area (Å²) in [5.74, 6) is 2.01. The molecule has 2 heteroatoms. The molecule has 2 nitrogen and oxygen atoms in total. The van der Waals surface area contributed by atoms with Crippen LogP contribution in [-0.4, -0.2) is 37.6 Å². The fraction of sp³-hybridized carbons (Fsp3) is 1.00. The largest absolute Gasteiger partial charge is 0.315 e.